The molecule has 3 nitrogen and oxygen atoms in total. The van der Waals surface area contributed by atoms with E-state index in [1.807, 2.05) is 18.7 Å². The zero-order valence-corrected chi connectivity index (χ0v) is 11.7. The maximum atomic E-state index is 12.0. The molecule has 1 amide bonds. The van der Waals surface area contributed by atoms with Gasteiger partial charge in [-0.2, -0.15) is 0 Å². The van der Waals surface area contributed by atoms with Crippen LogP contribution in [0, 0.1) is 0 Å². The van der Waals surface area contributed by atoms with E-state index in [2.05, 4.69) is 34.9 Å². The number of hydrogen-bond donors (Lipinski definition) is 0. The first-order chi connectivity index (χ1) is 6.82. The molecule has 0 radical (unpaired) electrons. The van der Waals surface area contributed by atoms with E-state index in [9.17, 15) is 4.79 Å². The summed E-state index contributed by atoms with van der Waals surface area (Å²) in [5.41, 5.74) is 0. The van der Waals surface area contributed by atoms with Crippen LogP contribution in [0.2, 0.25) is 0 Å². The number of piperidine rings is 1. The second kappa shape index (κ2) is 4.83. The largest absolute Gasteiger partial charge is 0.341 e. The summed E-state index contributed by atoms with van der Waals surface area (Å²) < 4.78 is -0.419. The second-order valence-electron chi connectivity index (χ2n) is 4.96. The molecular formula is C11H21BrN2O. The molecule has 0 spiro atoms. The van der Waals surface area contributed by atoms with Gasteiger partial charge in [-0.05, 0) is 40.8 Å². The van der Waals surface area contributed by atoms with E-state index in [-0.39, 0.29) is 5.91 Å². The van der Waals surface area contributed by atoms with Gasteiger partial charge in [-0.15, -0.1) is 0 Å². The molecule has 1 aliphatic heterocycles. The number of amides is 1. The first-order valence-electron chi connectivity index (χ1n) is 5.47. The molecule has 0 aliphatic carbocycles. The van der Waals surface area contributed by atoms with Crippen molar-refractivity contribution < 1.29 is 4.79 Å². The average Bonchev–Trinajstić information content (AvgIpc) is 2.15. The van der Waals surface area contributed by atoms with Crippen LogP contribution in [0.25, 0.3) is 0 Å². The third kappa shape index (κ3) is 3.45. The van der Waals surface area contributed by atoms with E-state index in [0.717, 1.165) is 25.9 Å². The van der Waals surface area contributed by atoms with Gasteiger partial charge < -0.3 is 9.80 Å². The van der Waals surface area contributed by atoms with Crippen molar-refractivity contribution >= 4 is 21.8 Å². The average molecular weight is 277 g/mol. The van der Waals surface area contributed by atoms with Gasteiger partial charge >= 0.3 is 0 Å². The molecule has 15 heavy (non-hydrogen) atoms. The van der Waals surface area contributed by atoms with Gasteiger partial charge in [0, 0.05) is 19.1 Å². The normalized spacial score (nSPS) is 19.7. The summed E-state index contributed by atoms with van der Waals surface area (Å²) in [5.74, 6) is 0.208. The van der Waals surface area contributed by atoms with Gasteiger partial charge in [-0.3, -0.25) is 4.79 Å². The number of carbonyl (C=O) groups is 1. The summed E-state index contributed by atoms with van der Waals surface area (Å²) >= 11 is 3.42. The van der Waals surface area contributed by atoms with Crippen LogP contribution in [0.4, 0.5) is 0 Å². The van der Waals surface area contributed by atoms with Gasteiger partial charge in [0.2, 0.25) is 5.91 Å². The molecule has 0 unspecified atom stereocenters. The van der Waals surface area contributed by atoms with Crippen molar-refractivity contribution in [2.45, 2.75) is 37.1 Å². The van der Waals surface area contributed by atoms with Crippen molar-refractivity contribution in [2.75, 3.05) is 27.2 Å². The van der Waals surface area contributed by atoms with Gasteiger partial charge in [-0.25, -0.2) is 0 Å². The maximum Gasteiger partial charge on any atom is 0.238 e. The molecule has 0 atom stereocenters. The molecule has 1 heterocycles. The smallest absolute Gasteiger partial charge is 0.238 e. The van der Waals surface area contributed by atoms with Gasteiger partial charge in [-0.1, -0.05) is 15.9 Å². The van der Waals surface area contributed by atoms with E-state index in [1.54, 1.807) is 0 Å². The van der Waals surface area contributed by atoms with Gasteiger partial charge in [0.15, 0.2) is 0 Å². The molecule has 88 valence electrons. The quantitative estimate of drug-likeness (QED) is 0.717. The molecular weight excluding hydrogens is 256 g/mol. The molecule has 0 saturated carbocycles. The van der Waals surface area contributed by atoms with Crippen LogP contribution in [0.5, 0.6) is 0 Å². The lowest BCUT2D eigenvalue weighted by atomic mass is 10.0. The molecule has 0 aromatic carbocycles. The minimum Gasteiger partial charge on any atom is -0.341 e. The molecule has 1 rings (SSSR count). The van der Waals surface area contributed by atoms with Gasteiger partial charge in [0.25, 0.3) is 0 Å². The summed E-state index contributed by atoms with van der Waals surface area (Å²) in [4.78, 5) is 16.2. The maximum absolute atomic E-state index is 12.0. The Hall–Kier alpha value is -0.0900. The fraction of sp³-hybridized carbons (Fsp3) is 0.909. The van der Waals surface area contributed by atoms with Crippen molar-refractivity contribution in [3.63, 3.8) is 0 Å². The lowest BCUT2D eigenvalue weighted by Crippen LogP contribution is -2.49. The van der Waals surface area contributed by atoms with E-state index in [0.29, 0.717) is 6.04 Å². The highest BCUT2D eigenvalue weighted by molar-refractivity contribution is 9.10. The van der Waals surface area contributed by atoms with Crippen LogP contribution in [0.3, 0.4) is 0 Å². The summed E-state index contributed by atoms with van der Waals surface area (Å²) in [5, 5.41) is 0. The highest BCUT2D eigenvalue weighted by atomic mass is 79.9. The van der Waals surface area contributed by atoms with E-state index in [1.165, 1.54) is 0 Å². The molecule has 1 aliphatic rings. The van der Waals surface area contributed by atoms with E-state index in [4.69, 9.17) is 0 Å². The summed E-state index contributed by atoms with van der Waals surface area (Å²) in [6.45, 7) is 5.59. The van der Waals surface area contributed by atoms with Gasteiger partial charge in [0.05, 0.1) is 4.32 Å². The molecule has 0 aromatic rings. The summed E-state index contributed by atoms with van der Waals surface area (Å²) in [6.07, 6.45) is 2.17. The van der Waals surface area contributed by atoms with Crippen molar-refractivity contribution in [1.82, 2.24) is 9.80 Å². The van der Waals surface area contributed by atoms with Crippen LogP contribution in [0.15, 0.2) is 0 Å². The topological polar surface area (TPSA) is 23.6 Å². The zero-order valence-electron chi connectivity index (χ0n) is 10.1. The molecule has 0 aromatic heterocycles. The molecule has 1 fully saturated rings. The number of hydrogen-bond acceptors (Lipinski definition) is 2. The lowest BCUT2D eigenvalue weighted by Gasteiger charge is -2.37. The lowest BCUT2D eigenvalue weighted by molar-refractivity contribution is -0.134. The third-order valence-electron chi connectivity index (χ3n) is 2.99. The van der Waals surface area contributed by atoms with Crippen molar-refractivity contribution in [1.29, 1.82) is 0 Å². The summed E-state index contributed by atoms with van der Waals surface area (Å²) in [7, 11) is 4.22. The predicted octanol–water partition coefficient (Wildman–Crippen LogP) is 1.71. The van der Waals surface area contributed by atoms with Crippen molar-refractivity contribution in [2.24, 2.45) is 0 Å². The minimum atomic E-state index is -0.419. The van der Waals surface area contributed by atoms with Crippen LogP contribution in [0.1, 0.15) is 26.7 Å². The Kier molecular flexibility index (Phi) is 4.18. The number of alkyl halides is 1. The molecule has 0 N–H and O–H groups in total. The van der Waals surface area contributed by atoms with Crippen LogP contribution in [-0.4, -0.2) is 53.3 Å². The monoisotopic (exact) mass is 276 g/mol. The van der Waals surface area contributed by atoms with Crippen molar-refractivity contribution in [3.05, 3.63) is 0 Å². The van der Waals surface area contributed by atoms with E-state index >= 15 is 0 Å². The summed E-state index contributed by atoms with van der Waals surface area (Å²) in [6, 6.07) is 0.632. The second-order valence-corrected chi connectivity index (χ2v) is 6.94. The Bertz CT molecular complexity index is 227. The SMILES string of the molecule is CN(C)C1CCN(C(=O)C(C)(C)Br)CC1. The molecule has 0 bridgehead atoms. The zero-order chi connectivity index (χ0) is 11.6. The number of rotatable bonds is 2. The Morgan fingerprint density at radius 3 is 2.13 bits per heavy atom. The Labute approximate surface area is 101 Å². The van der Waals surface area contributed by atoms with Gasteiger partial charge in [0.1, 0.15) is 0 Å². The molecule has 4 heteroatoms. The standard InChI is InChI=1S/C11H21BrN2O/c1-11(2,12)10(15)14-7-5-9(6-8-14)13(3)4/h9H,5-8H2,1-4H3. The van der Waals surface area contributed by atoms with Crippen LogP contribution in [-0.2, 0) is 4.79 Å². The fourth-order valence-electron chi connectivity index (χ4n) is 1.96. The minimum absolute atomic E-state index is 0.208. The number of nitrogens with zero attached hydrogens (tertiary/aromatic N) is 2. The Balaban J connectivity index is 2.48. The Morgan fingerprint density at radius 2 is 1.80 bits per heavy atom. The van der Waals surface area contributed by atoms with Crippen LogP contribution < -0.4 is 0 Å². The van der Waals surface area contributed by atoms with E-state index < -0.39 is 4.32 Å². The number of carbonyl (C=O) groups excluding carboxylic acids is 1. The highest BCUT2D eigenvalue weighted by Gasteiger charge is 2.31. The first-order valence-corrected chi connectivity index (χ1v) is 6.26. The number of halogens is 1. The first kappa shape index (κ1) is 13.0. The molecule has 1 saturated heterocycles. The van der Waals surface area contributed by atoms with Crippen LogP contribution >= 0.6 is 15.9 Å². The predicted molar refractivity (Wildman–Crippen MR) is 66.3 cm³/mol. The van der Waals surface area contributed by atoms with Crippen molar-refractivity contribution in [3.8, 4) is 0 Å². The fourth-order valence-corrected chi connectivity index (χ4v) is 2.21. The highest BCUT2D eigenvalue weighted by Crippen LogP contribution is 2.22. The number of likely N-dealkylation sites (tertiary alicyclic amines) is 1. The third-order valence-corrected chi connectivity index (χ3v) is 3.33. The Morgan fingerprint density at radius 1 is 1.33 bits per heavy atom.